The molecule has 0 aliphatic heterocycles. The number of carbonyl (C=O) groups excluding carboxylic acids is 1. The van der Waals surface area contributed by atoms with Gasteiger partial charge in [0.1, 0.15) is 11.1 Å². The second-order valence-corrected chi connectivity index (χ2v) is 6.56. The number of nitrogens with one attached hydrogen (secondary N) is 2. The number of hydrogen-bond donors (Lipinski definition) is 2. The molecule has 2 N–H and O–H groups in total. The quantitative estimate of drug-likeness (QED) is 0.666. The van der Waals surface area contributed by atoms with Crippen LogP contribution < -0.4 is 16.3 Å². The van der Waals surface area contributed by atoms with Gasteiger partial charge in [-0.2, -0.15) is 0 Å². The molecule has 0 saturated carbocycles. The number of anilines is 1. The van der Waals surface area contributed by atoms with Gasteiger partial charge in [-0.3, -0.25) is 4.79 Å². The minimum absolute atomic E-state index is 0.0194. The Balaban J connectivity index is 1.72. The van der Waals surface area contributed by atoms with E-state index < -0.39 is 11.5 Å². The molecule has 2 aromatic carbocycles. The predicted molar refractivity (Wildman–Crippen MR) is 104 cm³/mol. The highest BCUT2D eigenvalue weighted by atomic mass is 16.4. The third-order valence-corrected chi connectivity index (χ3v) is 4.30. The Kier molecular flexibility index (Phi) is 5.37. The van der Waals surface area contributed by atoms with Crippen molar-refractivity contribution in [1.29, 1.82) is 0 Å². The number of rotatable bonds is 6. The van der Waals surface area contributed by atoms with Crippen LogP contribution in [0.1, 0.15) is 24.2 Å². The first-order valence-electron chi connectivity index (χ1n) is 8.67. The molecule has 1 amide bonds. The summed E-state index contributed by atoms with van der Waals surface area (Å²) < 4.78 is 5.23. The summed E-state index contributed by atoms with van der Waals surface area (Å²) in [5.41, 5.74) is 0.856. The molecule has 1 atom stereocenters. The number of fused-ring (bicyclic) bond motifs is 1. The fraction of sp³-hybridized carbons (Fsp3) is 0.238. The van der Waals surface area contributed by atoms with Gasteiger partial charge in [0, 0.05) is 23.7 Å². The van der Waals surface area contributed by atoms with Crippen molar-refractivity contribution < 1.29 is 9.21 Å². The van der Waals surface area contributed by atoms with Gasteiger partial charge in [-0.05, 0) is 30.2 Å². The number of amides is 1. The van der Waals surface area contributed by atoms with Gasteiger partial charge in [-0.1, -0.05) is 50.2 Å². The van der Waals surface area contributed by atoms with Crippen molar-refractivity contribution in [3.8, 4) is 0 Å². The number of benzene rings is 2. The number of hydrogen-bond acceptors (Lipinski definition) is 4. The molecule has 26 heavy (non-hydrogen) atoms. The third-order valence-electron chi connectivity index (χ3n) is 4.30. The average Bonchev–Trinajstić information content (AvgIpc) is 2.65. The van der Waals surface area contributed by atoms with Crippen molar-refractivity contribution >= 4 is 22.6 Å². The minimum atomic E-state index is -0.627. The van der Waals surface area contributed by atoms with E-state index in [-0.39, 0.29) is 11.6 Å². The Morgan fingerprint density at radius 2 is 1.73 bits per heavy atom. The standard InChI is InChI=1S/C21H22N2O3/c1-14(2)18(23-16-9-4-3-5-10-16)13-22-20(24)17-12-15-8-6-7-11-19(15)26-21(17)25/h3-12,14,18,23H,13H2,1-2H3,(H,22,24). The SMILES string of the molecule is CC(C)C(CNC(=O)c1cc2ccccc2oc1=O)Nc1ccccc1. The van der Waals surface area contributed by atoms with E-state index in [9.17, 15) is 9.59 Å². The molecular formula is C21H22N2O3. The van der Waals surface area contributed by atoms with Crippen LogP contribution in [0.5, 0.6) is 0 Å². The summed E-state index contributed by atoms with van der Waals surface area (Å²) in [6, 6.07) is 18.6. The van der Waals surface area contributed by atoms with Gasteiger partial charge < -0.3 is 15.1 Å². The Hall–Kier alpha value is -3.08. The minimum Gasteiger partial charge on any atom is -0.422 e. The van der Waals surface area contributed by atoms with E-state index in [1.54, 1.807) is 18.2 Å². The highest BCUT2D eigenvalue weighted by molar-refractivity contribution is 5.96. The Morgan fingerprint density at radius 1 is 1.04 bits per heavy atom. The first-order valence-corrected chi connectivity index (χ1v) is 8.67. The lowest BCUT2D eigenvalue weighted by Crippen LogP contribution is -2.40. The van der Waals surface area contributed by atoms with E-state index in [4.69, 9.17) is 4.42 Å². The van der Waals surface area contributed by atoms with Crippen LogP contribution in [0, 0.1) is 5.92 Å². The molecule has 1 heterocycles. The van der Waals surface area contributed by atoms with E-state index in [0.29, 0.717) is 18.0 Å². The van der Waals surface area contributed by atoms with E-state index >= 15 is 0 Å². The fourth-order valence-electron chi connectivity index (χ4n) is 2.72. The van der Waals surface area contributed by atoms with Crippen LogP contribution in [-0.4, -0.2) is 18.5 Å². The van der Waals surface area contributed by atoms with Gasteiger partial charge in [0.2, 0.25) is 0 Å². The summed E-state index contributed by atoms with van der Waals surface area (Å²) in [6.07, 6.45) is 0. The van der Waals surface area contributed by atoms with Gasteiger partial charge in [-0.25, -0.2) is 4.79 Å². The normalized spacial score (nSPS) is 12.1. The zero-order valence-electron chi connectivity index (χ0n) is 14.9. The van der Waals surface area contributed by atoms with Gasteiger partial charge in [0.15, 0.2) is 0 Å². The molecule has 134 valence electrons. The Bertz CT molecular complexity index is 948. The maximum atomic E-state index is 12.5. The molecule has 0 spiro atoms. The monoisotopic (exact) mass is 350 g/mol. The highest BCUT2D eigenvalue weighted by Gasteiger charge is 2.18. The second-order valence-electron chi connectivity index (χ2n) is 6.56. The summed E-state index contributed by atoms with van der Waals surface area (Å²) in [5.74, 6) is -0.131. The first kappa shape index (κ1) is 17.7. The molecule has 5 heteroatoms. The third kappa shape index (κ3) is 4.11. The molecule has 1 aromatic heterocycles. The van der Waals surface area contributed by atoms with Crippen molar-refractivity contribution in [2.24, 2.45) is 5.92 Å². The summed E-state index contributed by atoms with van der Waals surface area (Å²) in [4.78, 5) is 24.6. The zero-order chi connectivity index (χ0) is 18.5. The molecule has 0 aliphatic carbocycles. The lowest BCUT2D eigenvalue weighted by molar-refractivity contribution is 0.0947. The molecule has 3 aromatic rings. The van der Waals surface area contributed by atoms with Crippen LogP contribution in [0.3, 0.4) is 0 Å². The van der Waals surface area contributed by atoms with E-state index in [1.807, 2.05) is 42.5 Å². The maximum Gasteiger partial charge on any atom is 0.349 e. The molecule has 5 nitrogen and oxygen atoms in total. The van der Waals surface area contributed by atoms with Crippen LogP contribution in [0.4, 0.5) is 5.69 Å². The number of carbonyl (C=O) groups is 1. The van der Waals surface area contributed by atoms with Crippen LogP contribution in [0.15, 0.2) is 69.9 Å². The molecule has 3 rings (SSSR count). The van der Waals surface area contributed by atoms with Crippen LogP contribution in [0.2, 0.25) is 0 Å². The predicted octanol–water partition coefficient (Wildman–Crippen LogP) is 3.66. The second kappa shape index (κ2) is 7.87. The average molecular weight is 350 g/mol. The molecule has 0 fully saturated rings. The van der Waals surface area contributed by atoms with Gasteiger partial charge in [0.25, 0.3) is 5.91 Å². The van der Waals surface area contributed by atoms with E-state index in [2.05, 4.69) is 24.5 Å². The summed E-state index contributed by atoms with van der Waals surface area (Å²) in [6.45, 7) is 4.56. The highest BCUT2D eigenvalue weighted by Crippen LogP contribution is 2.14. The maximum absolute atomic E-state index is 12.5. The van der Waals surface area contributed by atoms with Crippen LogP contribution in [0.25, 0.3) is 11.0 Å². The lowest BCUT2D eigenvalue weighted by Gasteiger charge is -2.24. The first-order chi connectivity index (χ1) is 12.5. The van der Waals surface area contributed by atoms with Crippen molar-refractivity contribution in [1.82, 2.24) is 5.32 Å². The van der Waals surface area contributed by atoms with Gasteiger partial charge in [-0.15, -0.1) is 0 Å². The smallest absolute Gasteiger partial charge is 0.349 e. The van der Waals surface area contributed by atoms with E-state index in [1.165, 1.54) is 0 Å². The Morgan fingerprint density at radius 3 is 2.46 bits per heavy atom. The van der Waals surface area contributed by atoms with Crippen molar-refractivity contribution in [3.05, 3.63) is 76.6 Å². The van der Waals surface area contributed by atoms with Crippen molar-refractivity contribution in [3.63, 3.8) is 0 Å². The fourth-order valence-corrected chi connectivity index (χ4v) is 2.72. The summed E-state index contributed by atoms with van der Waals surface area (Å²) in [5, 5.41) is 6.98. The molecule has 0 radical (unpaired) electrons. The van der Waals surface area contributed by atoms with Crippen LogP contribution in [-0.2, 0) is 0 Å². The topological polar surface area (TPSA) is 71.3 Å². The van der Waals surface area contributed by atoms with Crippen LogP contribution >= 0.6 is 0 Å². The van der Waals surface area contributed by atoms with Gasteiger partial charge >= 0.3 is 5.63 Å². The molecule has 1 unspecified atom stereocenters. The summed E-state index contributed by atoms with van der Waals surface area (Å²) in [7, 11) is 0. The Labute approximate surface area is 152 Å². The largest absolute Gasteiger partial charge is 0.422 e. The molecule has 0 bridgehead atoms. The lowest BCUT2D eigenvalue weighted by atomic mass is 10.0. The number of para-hydroxylation sites is 2. The zero-order valence-corrected chi connectivity index (χ0v) is 14.9. The van der Waals surface area contributed by atoms with Gasteiger partial charge in [0.05, 0.1) is 0 Å². The molecule has 0 saturated heterocycles. The van der Waals surface area contributed by atoms with Crippen molar-refractivity contribution in [2.75, 3.05) is 11.9 Å². The molecule has 0 aliphatic rings. The van der Waals surface area contributed by atoms with Crippen molar-refractivity contribution in [2.45, 2.75) is 19.9 Å². The molecular weight excluding hydrogens is 328 g/mol. The van der Waals surface area contributed by atoms with E-state index in [0.717, 1.165) is 11.1 Å². The summed E-state index contributed by atoms with van der Waals surface area (Å²) >= 11 is 0.